The minimum atomic E-state index is -4.07. The predicted octanol–water partition coefficient (Wildman–Crippen LogP) is 4.79. The smallest absolute Gasteiger partial charge is 0.299 e. The highest BCUT2D eigenvalue weighted by molar-refractivity contribution is 8.17. The van der Waals surface area contributed by atoms with Crippen molar-refractivity contribution in [3.63, 3.8) is 0 Å². The van der Waals surface area contributed by atoms with Crippen molar-refractivity contribution in [2.24, 2.45) is 21.9 Å². The maximum absolute atomic E-state index is 12.8. The number of carbonyl (C=O) groups is 1. The number of nitrogens with zero attached hydrogens (tertiary/aromatic N) is 2. The molecule has 3 aliphatic carbocycles. The normalized spacial score (nSPS) is 32.1. The highest BCUT2D eigenvalue weighted by Crippen LogP contribution is 2.64. The largest absolute Gasteiger partial charge is 0.329 e. The van der Waals surface area contributed by atoms with Gasteiger partial charge in [0.25, 0.3) is 0 Å². The van der Waals surface area contributed by atoms with Gasteiger partial charge in [0, 0.05) is 12.0 Å². The molecular weight excluding hydrogens is 432 g/mol. The molecule has 1 aliphatic heterocycles. The molecule has 2 fully saturated rings. The van der Waals surface area contributed by atoms with Gasteiger partial charge in [0.05, 0.1) is 11.0 Å². The van der Waals surface area contributed by atoms with Gasteiger partial charge < -0.3 is 0 Å². The van der Waals surface area contributed by atoms with Crippen molar-refractivity contribution >= 4 is 32.7 Å². The first-order valence-electron chi connectivity index (χ1n) is 10.5. The Balaban J connectivity index is 1.60. The van der Waals surface area contributed by atoms with Gasteiger partial charge in [-0.1, -0.05) is 48.5 Å². The summed E-state index contributed by atoms with van der Waals surface area (Å²) in [5.74, 6) is -0.109. The fourth-order valence-electron chi connectivity index (χ4n) is 5.43. The molecule has 2 bridgehead atoms. The van der Waals surface area contributed by atoms with Crippen LogP contribution in [0.25, 0.3) is 0 Å². The van der Waals surface area contributed by atoms with E-state index in [-0.39, 0.29) is 22.9 Å². The van der Waals surface area contributed by atoms with Crippen LogP contribution in [0, 0.1) is 28.1 Å². The number of allylic oxidation sites excluding steroid dienone is 6. The summed E-state index contributed by atoms with van der Waals surface area (Å²) in [7, 11) is -4.07. The lowest BCUT2D eigenvalue weighted by atomic mass is 9.70. The molecule has 0 aromatic rings. The van der Waals surface area contributed by atoms with Crippen LogP contribution in [0.2, 0.25) is 0 Å². The fourth-order valence-corrected chi connectivity index (χ4v) is 7.71. The van der Waals surface area contributed by atoms with Crippen LogP contribution in [0.4, 0.5) is 0 Å². The van der Waals surface area contributed by atoms with Gasteiger partial charge in [-0.05, 0) is 61.0 Å². The average Bonchev–Trinajstić information content (AvgIpc) is 3.31. The van der Waals surface area contributed by atoms with Crippen LogP contribution < -0.4 is 0 Å². The Morgan fingerprint density at radius 3 is 2.77 bits per heavy atom. The Labute approximate surface area is 187 Å². The number of fused-ring (bicyclic) bond motifs is 2. The highest BCUT2D eigenvalue weighted by Gasteiger charge is 2.65. The van der Waals surface area contributed by atoms with Gasteiger partial charge in [-0.15, -0.1) is 0 Å². The first-order chi connectivity index (χ1) is 14.6. The Morgan fingerprint density at radius 2 is 2.16 bits per heavy atom. The van der Waals surface area contributed by atoms with Crippen molar-refractivity contribution < 1.29 is 17.5 Å². The van der Waals surface area contributed by atoms with Crippen LogP contribution in [0.3, 0.4) is 0 Å². The lowest BCUT2D eigenvalue weighted by Crippen LogP contribution is -2.42. The summed E-state index contributed by atoms with van der Waals surface area (Å²) in [6.45, 7) is 5.97. The molecule has 0 aromatic heterocycles. The van der Waals surface area contributed by atoms with Gasteiger partial charge in [-0.2, -0.15) is 13.7 Å². The number of Topliss-reactive ketones (excluding diaryl/α,β-unsaturated/α-hetero) is 1. The van der Waals surface area contributed by atoms with E-state index >= 15 is 0 Å². The molecule has 0 saturated heterocycles. The van der Waals surface area contributed by atoms with Crippen LogP contribution in [-0.2, 0) is 19.2 Å². The van der Waals surface area contributed by atoms with Crippen molar-refractivity contribution in [3.05, 3.63) is 45.9 Å². The number of hydrogen-bond donors (Lipinski definition) is 0. The third kappa shape index (κ3) is 3.62. The van der Waals surface area contributed by atoms with E-state index in [0.29, 0.717) is 29.0 Å². The van der Waals surface area contributed by atoms with Gasteiger partial charge in [0.15, 0.2) is 0 Å². The monoisotopic (exact) mass is 458 g/mol. The number of ketones is 1. The average molecular weight is 459 g/mol. The number of carbonyl (C=O) groups excluding carboxylic acids is 1. The first-order valence-corrected chi connectivity index (χ1v) is 12.9. The van der Waals surface area contributed by atoms with Crippen molar-refractivity contribution in [2.45, 2.75) is 52.9 Å². The van der Waals surface area contributed by atoms with E-state index in [1.165, 1.54) is 11.8 Å². The lowest BCUT2D eigenvalue weighted by Gasteiger charge is -2.35. The zero-order valence-electron chi connectivity index (χ0n) is 18.0. The molecule has 2 saturated carbocycles. The summed E-state index contributed by atoms with van der Waals surface area (Å²) in [5.41, 5.74) is 1.71. The molecule has 0 spiro atoms. The van der Waals surface area contributed by atoms with Gasteiger partial charge in [-0.3, -0.25) is 9.08 Å². The predicted molar refractivity (Wildman–Crippen MR) is 121 cm³/mol. The van der Waals surface area contributed by atoms with Crippen LogP contribution in [0.15, 0.2) is 51.1 Å². The molecule has 6 nitrogen and oxygen atoms in total. The Hall–Kier alpha value is -2.11. The molecule has 31 heavy (non-hydrogen) atoms. The minimum Gasteiger partial charge on any atom is -0.299 e. The Bertz CT molecular complexity index is 1130. The third-order valence-electron chi connectivity index (χ3n) is 7.52. The molecule has 1 unspecified atom stereocenters. The Morgan fingerprint density at radius 1 is 1.39 bits per heavy atom. The van der Waals surface area contributed by atoms with Gasteiger partial charge in [0.1, 0.15) is 22.6 Å². The van der Waals surface area contributed by atoms with E-state index in [1.807, 2.05) is 32.9 Å². The van der Waals surface area contributed by atoms with E-state index in [0.717, 1.165) is 30.4 Å². The van der Waals surface area contributed by atoms with E-state index in [4.69, 9.17) is 4.28 Å². The molecule has 0 aromatic carbocycles. The standard InChI is InChI=1S/C23H26N2O4S2/c1-15-6-4-5-7-17(15)19(13-24)18-9-11-30-21(18)25-29-31(27,28)14-23-10-8-16(12-20(23)26)22(23,2)3/h5,7,9,11,16H,4,6,8,10,12,14H2,1-3H3/b19-18+,25-21-/t16-,23?/m1/s1. The number of hydrogen-bond acceptors (Lipinski definition) is 7. The van der Waals surface area contributed by atoms with Crippen LogP contribution in [0.5, 0.6) is 0 Å². The molecule has 4 aliphatic rings. The molecule has 0 N–H and O–H groups in total. The molecule has 2 atom stereocenters. The second-order valence-electron chi connectivity index (χ2n) is 9.30. The zero-order valence-corrected chi connectivity index (χ0v) is 19.6. The summed E-state index contributed by atoms with van der Waals surface area (Å²) in [4.78, 5) is 12.7. The van der Waals surface area contributed by atoms with E-state index < -0.39 is 15.5 Å². The SMILES string of the molecule is CC1=C(/C(C#N)=C2\C=CS\C2=N/OS(=O)(=O)CC23CC[C@H](CC2=O)C3(C)C)C=CCC1. The maximum atomic E-state index is 12.8. The van der Waals surface area contributed by atoms with Gasteiger partial charge in [0.2, 0.25) is 0 Å². The van der Waals surface area contributed by atoms with Crippen molar-refractivity contribution in [1.29, 1.82) is 5.26 Å². The number of thioether (sulfide) groups is 1. The number of nitriles is 1. The van der Waals surface area contributed by atoms with Crippen LogP contribution in [0.1, 0.15) is 52.9 Å². The van der Waals surface area contributed by atoms with E-state index in [2.05, 4.69) is 11.2 Å². The third-order valence-corrected chi connectivity index (χ3v) is 9.46. The lowest BCUT2D eigenvalue weighted by molar-refractivity contribution is -0.128. The van der Waals surface area contributed by atoms with E-state index in [1.54, 1.807) is 11.5 Å². The second kappa shape index (κ2) is 7.79. The summed E-state index contributed by atoms with van der Waals surface area (Å²) in [6, 6.07) is 2.24. The van der Waals surface area contributed by atoms with E-state index in [9.17, 15) is 18.5 Å². The number of rotatable bonds is 5. The van der Waals surface area contributed by atoms with Gasteiger partial charge in [-0.25, -0.2) is 0 Å². The summed E-state index contributed by atoms with van der Waals surface area (Å²) < 4.78 is 30.8. The van der Waals surface area contributed by atoms with Crippen LogP contribution >= 0.6 is 11.8 Å². The summed E-state index contributed by atoms with van der Waals surface area (Å²) in [5, 5.41) is 15.8. The molecule has 1 heterocycles. The molecule has 0 radical (unpaired) electrons. The second-order valence-corrected chi connectivity index (χ2v) is 11.7. The summed E-state index contributed by atoms with van der Waals surface area (Å²) in [6.07, 6.45) is 9.41. The Kier molecular flexibility index (Phi) is 5.55. The maximum Gasteiger partial charge on any atom is 0.329 e. The molecular formula is C23H26N2O4S2. The zero-order chi connectivity index (χ0) is 22.4. The summed E-state index contributed by atoms with van der Waals surface area (Å²) >= 11 is 1.21. The van der Waals surface area contributed by atoms with Crippen molar-refractivity contribution in [3.8, 4) is 6.07 Å². The fraction of sp³-hybridized carbons (Fsp3) is 0.522. The van der Waals surface area contributed by atoms with Crippen molar-refractivity contribution in [1.82, 2.24) is 0 Å². The first kappa shape index (κ1) is 22.1. The van der Waals surface area contributed by atoms with Crippen LogP contribution in [-0.4, -0.2) is 25.0 Å². The highest BCUT2D eigenvalue weighted by atomic mass is 32.2. The molecule has 164 valence electrons. The van der Waals surface area contributed by atoms with Crippen molar-refractivity contribution in [2.75, 3.05) is 5.75 Å². The molecule has 4 rings (SSSR count). The molecule has 8 heteroatoms. The quantitative estimate of drug-likeness (QED) is 0.434. The molecule has 0 amide bonds. The minimum absolute atomic E-state index is 0.0179. The topological polar surface area (TPSA) is 96.6 Å². The number of oxime groups is 1. The van der Waals surface area contributed by atoms with Gasteiger partial charge >= 0.3 is 10.1 Å².